The number of rotatable bonds is 1. The van der Waals surface area contributed by atoms with Gasteiger partial charge in [0.1, 0.15) is 11.4 Å². The first kappa shape index (κ1) is 9.19. The van der Waals surface area contributed by atoms with Gasteiger partial charge in [0.2, 0.25) is 0 Å². The zero-order chi connectivity index (χ0) is 10.5. The van der Waals surface area contributed by atoms with Crippen LogP contribution in [-0.4, -0.2) is 28.3 Å². The molecule has 82 valence electrons. The summed E-state index contributed by atoms with van der Waals surface area (Å²) in [6.07, 6.45) is 7.92. The van der Waals surface area contributed by atoms with Crippen molar-refractivity contribution in [1.82, 2.24) is 4.90 Å². The van der Waals surface area contributed by atoms with E-state index >= 15 is 0 Å². The number of carbonyl (C=O) groups is 1. The molecule has 3 rings (SSSR count). The molecule has 2 N–H and O–H groups in total. The summed E-state index contributed by atoms with van der Waals surface area (Å²) in [4.78, 5) is 17.8. The Morgan fingerprint density at radius 1 is 1.27 bits per heavy atom. The highest BCUT2D eigenvalue weighted by molar-refractivity contribution is 6.06. The van der Waals surface area contributed by atoms with Gasteiger partial charge in [-0.25, -0.2) is 4.79 Å². The van der Waals surface area contributed by atoms with Crippen molar-refractivity contribution >= 4 is 11.9 Å². The predicted molar refractivity (Wildman–Crippen MR) is 57.7 cm³/mol. The maximum atomic E-state index is 11.8. The number of urea groups is 1. The first-order valence-corrected chi connectivity index (χ1v) is 5.92. The Morgan fingerprint density at radius 2 is 1.93 bits per heavy atom. The molecule has 0 saturated heterocycles. The van der Waals surface area contributed by atoms with E-state index < -0.39 is 0 Å². The summed E-state index contributed by atoms with van der Waals surface area (Å²) in [7, 11) is 0. The van der Waals surface area contributed by atoms with E-state index in [0.29, 0.717) is 11.9 Å². The van der Waals surface area contributed by atoms with Crippen molar-refractivity contribution in [3.8, 4) is 0 Å². The molecule has 2 fully saturated rings. The van der Waals surface area contributed by atoms with Crippen molar-refractivity contribution < 1.29 is 4.79 Å². The van der Waals surface area contributed by atoms with Crippen LogP contribution in [0.5, 0.6) is 0 Å². The lowest BCUT2D eigenvalue weighted by molar-refractivity contribution is 0.137. The molecule has 4 heteroatoms. The molecule has 0 bridgehead atoms. The van der Waals surface area contributed by atoms with E-state index in [1.54, 1.807) is 0 Å². The summed E-state index contributed by atoms with van der Waals surface area (Å²) in [6, 6.07) is 0.345. The molecule has 0 aromatic rings. The van der Waals surface area contributed by atoms with Gasteiger partial charge in [-0.05, 0) is 25.7 Å². The van der Waals surface area contributed by atoms with E-state index in [-0.39, 0.29) is 11.6 Å². The van der Waals surface area contributed by atoms with Gasteiger partial charge in [-0.2, -0.15) is 4.99 Å². The van der Waals surface area contributed by atoms with Gasteiger partial charge in [0.05, 0.1) is 0 Å². The van der Waals surface area contributed by atoms with Crippen molar-refractivity contribution in [3.63, 3.8) is 0 Å². The standard InChI is InChI=1S/C11H17N3O/c12-9-11(6-2-1-3-7-11)14(8-4-5-8)10(15)13-9/h8H,1-7H2,(H2,12,13,15). The zero-order valence-corrected chi connectivity index (χ0v) is 8.91. The fraction of sp³-hybridized carbons (Fsp3) is 0.818. The summed E-state index contributed by atoms with van der Waals surface area (Å²) in [6.45, 7) is 0. The minimum atomic E-state index is -0.184. The molecular weight excluding hydrogens is 190 g/mol. The smallest absolute Gasteiger partial charge is 0.346 e. The van der Waals surface area contributed by atoms with E-state index in [4.69, 9.17) is 5.73 Å². The van der Waals surface area contributed by atoms with Crippen molar-refractivity contribution in [2.45, 2.75) is 56.5 Å². The van der Waals surface area contributed by atoms with Crippen molar-refractivity contribution in [2.24, 2.45) is 10.7 Å². The first-order valence-electron chi connectivity index (χ1n) is 5.92. The van der Waals surface area contributed by atoms with Crippen molar-refractivity contribution in [3.05, 3.63) is 0 Å². The third-order valence-corrected chi connectivity index (χ3v) is 3.95. The second kappa shape index (κ2) is 2.97. The quantitative estimate of drug-likeness (QED) is 0.710. The molecule has 1 spiro atoms. The van der Waals surface area contributed by atoms with E-state index in [9.17, 15) is 4.79 Å². The number of nitrogens with zero attached hydrogens (tertiary/aromatic N) is 2. The average molecular weight is 207 g/mol. The normalized spacial score (nSPS) is 29.7. The lowest BCUT2D eigenvalue weighted by Gasteiger charge is -2.41. The highest BCUT2D eigenvalue weighted by Gasteiger charge is 2.53. The van der Waals surface area contributed by atoms with Gasteiger partial charge in [-0.15, -0.1) is 0 Å². The molecule has 1 aliphatic heterocycles. The minimum Gasteiger partial charge on any atom is -0.385 e. The summed E-state index contributed by atoms with van der Waals surface area (Å²) < 4.78 is 0. The molecule has 3 aliphatic rings. The van der Waals surface area contributed by atoms with Gasteiger partial charge in [0, 0.05) is 6.04 Å². The third kappa shape index (κ3) is 1.20. The second-order valence-corrected chi connectivity index (χ2v) is 4.97. The number of hydrogen-bond acceptors (Lipinski definition) is 2. The van der Waals surface area contributed by atoms with E-state index in [2.05, 4.69) is 4.99 Å². The second-order valence-electron chi connectivity index (χ2n) is 4.97. The minimum absolute atomic E-state index is 0.0862. The monoisotopic (exact) mass is 207 g/mol. The van der Waals surface area contributed by atoms with Gasteiger partial charge < -0.3 is 10.6 Å². The predicted octanol–water partition coefficient (Wildman–Crippen LogP) is 1.64. The number of amides is 2. The van der Waals surface area contributed by atoms with Crippen LogP contribution in [0.2, 0.25) is 0 Å². The largest absolute Gasteiger partial charge is 0.385 e. The molecule has 2 aliphatic carbocycles. The lowest BCUT2D eigenvalue weighted by Crippen LogP contribution is -2.56. The summed E-state index contributed by atoms with van der Waals surface area (Å²) in [5, 5.41) is 0. The van der Waals surface area contributed by atoms with Crippen molar-refractivity contribution in [2.75, 3.05) is 0 Å². The molecule has 0 aromatic heterocycles. The Bertz CT molecular complexity index is 327. The third-order valence-electron chi connectivity index (χ3n) is 3.95. The highest BCUT2D eigenvalue weighted by Crippen LogP contribution is 2.43. The van der Waals surface area contributed by atoms with Crippen LogP contribution < -0.4 is 5.73 Å². The number of hydrogen-bond donors (Lipinski definition) is 1. The molecule has 0 unspecified atom stereocenters. The van der Waals surface area contributed by atoms with Crippen molar-refractivity contribution in [1.29, 1.82) is 0 Å². The van der Waals surface area contributed by atoms with Crippen LogP contribution in [0, 0.1) is 0 Å². The zero-order valence-electron chi connectivity index (χ0n) is 8.91. The van der Waals surface area contributed by atoms with Gasteiger partial charge in [0.25, 0.3) is 0 Å². The molecule has 0 radical (unpaired) electrons. The van der Waals surface area contributed by atoms with Gasteiger partial charge in [-0.1, -0.05) is 19.3 Å². The molecule has 4 nitrogen and oxygen atoms in total. The van der Waals surface area contributed by atoms with E-state index in [1.165, 1.54) is 19.3 Å². The van der Waals surface area contributed by atoms with E-state index in [0.717, 1.165) is 25.7 Å². The Balaban J connectivity index is 1.95. The summed E-state index contributed by atoms with van der Waals surface area (Å²) in [5.74, 6) is 0.583. The van der Waals surface area contributed by atoms with Crippen LogP contribution in [0.25, 0.3) is 0 Å². The molecule has 15 heavy (non-hydrogen) atoms. The molecule has 0 aromatic carbocycles. The van der Waals surface area contributed by atoms with Crippen LogP contribution in [0.1, 0.15) is 44.9 Å². The Morgan fingerprint density at radius 3 is 2.53 bits per heavy atom. The first-order chi connectivity index (χ1) is 7.24. The number of amidine groups is 1. The summed E-state index contributed by atoms with van der Waals surface area (Å²) >= 11 is 0. The maximum absolute atomic E-state index is 11.8. The average Bonchev–Trinajstić information content (AvgIpc) is 3.00. The number of aliphatic imine (C=N–C) groups is 1. The van der Waals surface area contributed by atoms with Crippen LogP contribution in [0.3, 0.4) is 0 Å². The van der Waals surface area contributed by atoms with Gasteiger partial charge >= 0.3 is 6.03 Å². The van der Waals surface area contributed by atoms with Crippen LogP contribution in [-0.2, 0) is 0 Å². The fourth-order valence-corrected chi connectivity index (χ4v) is 3.04. The SMILES string of the molecule is NC1=NC(=O)N(C2CC2)C12CCCCC2. The number of carbonyl (C=O) groups excluding carboxylic acids is 1. The highest BCUT2D eigenvalue weighted by atomic mass is 16.2. The maximum Gasteiger partial charge on any atom is 0.346 e. The Kier molecular flexibility index (Phi) is 1.82. The Labute approximate surface area is 89.5 Å². The van der Waals surface area contributed by atoms with Crippen LogP contribution in [0.15, 0.2) is 4.99 Å². The van der Waals surface area contributed by atoms with Gasteiger partial charge in [-0.3, -0.25) is 0 Å². The fourth-order valence-electron chi connectivity index (χ4n) is 3.04. The molecule has 2 amide bonds. The molecular formula is C11H17N3O. The van der Waals surface area contributed by atoms with E-state index in [1.807, 2.05) is 4.90 Å². The lowest BCUT2D eigenvalue weighted by atomic mass is 9.80. The molecule has 0 atom stereocenters. The van der Waals surface area contributed by atoms with Crippen LogP contribution >= 0.6 is 0 Å². The van der Waals surface area contributed by atoms with Gasteiger partial charge in [0.15, 0.2) is 0 Å². The molecule has 1 heterocycles. The number of nitrogens with two attached hydrogens (primary N) is 1. The van der Waals surface area contributed by atoms with Crippen LogP contribution in [0.4, 0.5) is 4.79 Å². The topological polar surface area (TPSA) is 58.7 Å². The summed E-state index contributed by atoms with van der Waals surface area (Å²) in [5.41, 5.74) is 5.79. The molecule has 2 saturated carbocycles. The Hall–Kier alpha value is -1.06.